The molecule has 2 aromatic heterocycles. The van der Waals surface area contributed by atoms with Gasteiger partial charge in [-0.25, -0.2) is 15.0 Å². The third-order valence-electron chi connectivity index (χ3n) is 10.1. The SMILES string of the molecule is c1ccc(-c2cccc(-c3nc(-c4ccc(-c5ccccc5)cc4-n4c5ccccc5c5ccccc54)nc(-c4cccc5ccccc45)n3)c2)cc1. The van der Waals surface area contributed by atoms with E-state index in [1.807, 2.05) is 6.07 Å². The summed E-state index contributed by atoms with van der Waals surface area (Å²) in [6.45, 7) is 0. The fraction of sp³-hybridized carbons (Fsp3) is 0. The van der Waals surface area contributed by atoms with Crippen LogP contribution in [0.15, 0.2) is 194 Å². The van der Waals surface area contributed by atoms with Gasteiger partial charge in [0.25, 0.3) is 0 Å². The summed E-state index contributed by atoms with van der Waals surface area (Å²) in [6.07, 6.45) is 0. The van der Waals surface area contributed by atoms with Crippen LogP contribution in [0.1, 0.15) is 0 Å². The molecule has 0 unspecified atom stereocenters. The van der Waals surface area contributed by atoms with E-state index in [0.717, 1.165) is 66.4 Å². The average molecular weight is 677 g/mol. The summed E-state index contributed by atoms with van der Waals surface area (Å²) in [4.78, 5) is 15.9. The Hall–Kier alpha value is -7.17. The van der Waals surface area contributed by atoms with Gasteiger partial charge >= 0.3 is 0 Å². The third-order valence-corrected chi connectivity index (χ3v) is 10.1. The van der Waals surface area contributed by atoms with Gasteiger partial charge in [0.1, 0.15) is 0 Å². The molecule has 4 heteroatoms. The molecule has 0 aliphatic rings. The summed E-state index contributed by atoms with van der Waals surface area (Å²) in [7, 11) is 0. The number of para-hydroxylation sites is 2. The maximum atomic E-state index is 5.33. The van der Waals surface area contributed by atoms with Crippen LogP contribution in [0.5, 0.6) is 0 Å². The molecule has 4 nitrogen and oxygen atoms in total. The van der Waals surface area contributed by atoms with Crippen molar-refractivity contribution in [1.29, 1.82) is 0 Å². The first-order chi connectivity index (χ1) is 26.3. The minimum atomic E-state index is 0.611. The zero-order valence-corrected chi connectivity index (χ0v) is 28.8. The van der Waals surface area contributed by atoms with Gasteiger partial charge in [-0.1, -0.05) is 164 Å². The second-order valence-electron chi connectivity index (χ2n) is 13.2. The van der Waals surface area contributed by atoms with Crippen LogP contribution in [-0.2, 0) is 0 Å². The van der Waals surface area contributed by atoms with Crippen molar-refractivity contribution in [3.05, 3.63) is 194 Å². The fourth-order valence-corrected chi connectivity index (χ4v) is 7.53. The summed E-state index contributed by atoms with van der Waals surface area (Å²) in [5.74, 6) is 1.86. The van der Waals surface area contributed by atoms with Gasteiger partial charge in [-0.3, -0.25) is 0 Å². The highest BCUT2D eigenvalue weighted by Crippen LogP contribution is 2.39. The second-order valence-corrected chi connectivity index (χ2v) is 13.2. The van der Waals surface area contributed by atoms with Gasteiger partial charge < -0.3 is 4.57 Å². The van der Waals surface area contributed by atoms with Crippen LogP contribution in [0, 0.1) is 0 Å². The molecule has 2 heterocycles. The second kappa shape index (κ2) is 12.9. The van der Waals surface area contributed by atoms with Gasteiger partial charge in [0.2, 0.25) is 0 Å². The van der Waals surface area contributed by atoms with Crippen LogP contribution in [0.4, 0.5) is 0 Å². The minimum absolute atomic E-state index is 0.611. The first-order valence-corrected chi connectivity index (χ1v) is 17.9. The molecule has 10 aromatic rings. The number of benzene rings is 8. The predicted molar refractivity (Wildman–Crippen MR) is 219 cm³/mol. The van der Waals surface area contributed by atoms with Crippen LogP contribution in [0.3, 0.4) is 0 Å². The molecule has 0 saturated carbocycles. The van der Waals surface area contributed by atoms with E-state index in [1.54, 1.807) is 0 Å². The number of fused-ring (bicyclic) bond motifs is 4. The lowest BCUT2D eigenvalue weighted by Crippen LogP contribution is -2.04. The van der Waals surface area contributed by atoms with Crippen molar-refractivity contribution >= 4 is 32.6 Å². The highest BCUT2D eigenvalue weighted by atomic mass is 15.1. The van der Waals surface area contributed by atoms with Crippen molar-refractivity contribution in [2.24, 2.45) is 0 Å². The number of rotatable bonds is 6. The summed E-state index contributed by atoms with van der Waals surface area (Å²) >= 11 is 0. The molecule has 10 rings (SSSR count). The van der Waals surface area contributed by atoms with Gasteiger partial charge in [0, 0.05) is 27.5 Å². The number of nitrogens with zero attached hydrogens (tertiary/aromatic N) is 4. The van der Waals surface area contributed by atoms with Gasteiger partial charge in [0.15, 0.2) is 17.5 Å². The van der Waals surface area contributed by atoms with Crippen molar-refractivity contribution < 1.29 is 0 Å². The van der Waals surface area contributed by atoms with Gasteiger partial charge in [-0.15, -0.1) is 0 Å². The van der Waals surface area contributed by atoms with Gasteiger partial charge in [-0.05, 0) is 63.4 Å². The minimum Gasteiger partial charge on any atom is -0.308 e. The fourth-order valence-electron chi connectivity index (χ4n) is 7.53. The van der Waals surface area contributed by atoms with Crippen molar-refractivity contribution in [1.82, 2.24) is 19.5 Å². The van der Waals surface area contributed by atoms with Crippen molar-refractivity contribution in [2.75, 3.05) is 0 Å². The maximum absolute atomic E-state index is 5.33. The normalized spacial score (nSPS) is 11.4. The van der Waals surface area contributed by atoms with Crippen LogP contribution < -0.4 is 0 Å². The largest absolute Gasteiger partial charge is 0.308 e. The lowest BCUT2D eigenvalue weighted by Gasteiger charge is -2.17. The molecule has 0 bridgehead atoms. The quantitative estimate of drug-likeness (QED) is 0.176. The molecule has 0 N–H and O–H groups in total. The first-order valence-electron chi connectivity index (χ1n) is 17.9. The number of hydrogen-bond donors (Lipinski definition) is 0. The molecule has 0 aliphatic heterocycles. The highest BCUT2D eigenvalue weighted by molar-refractivity contribution is 6.10. The molecule has 0 spiro atoms. The zero-order chi connectivity index (χ0) is 35.1. The van der Waals surface area contributed by atoms with E-state index in [-0.39, 0.29) is 0 Å². The molecule has 8 aromatic carbocycles. The maximum Gasteiger partial charge on any atom is 0.166 e. The van der Waals surface area contributed by atoms with E-state index in [9.17, 15) is 0 Å². The van der Waals surface area contributed by atoms with E-state index in [0.29, 0.717) is 17.5 Å². The van der Waals surface area contributed by atoms with E-state index in [4.69, 9.17) is 15.0 Å². The van der Waals surface area contributed by atoms with E-state index >= 15 is 0 Å². The Bertz CT molecular complexity index is 2890. The Labute approximate surface area is 307 Å². The summed E-state index contributed by atoms with van der Waals surface area (Å²) in [6, 6.07) is 68.1. The molecule has 53 heavy (non-hydrogen) atoms. The topological polar surface area (TPSA) is 43.6 Å². The van der Waals surface area contributed by atoms with Crippen molar-refractivity contribution in [2.45, 2.75) is 0 Å². The molecule has 0 amide bonds. The standard InChI is InChI=1S/C49H32N4/c1-3-15-33(16-4-1)36-21-13-22-38(31-36)47-50-48(42-26-14-20-35-19-7-8-23-39(35)42)52-49(51-47)43-30-29-37(34-17-5-2-6-18-34)32-46(43)53-44-27-11-9-24-40(44)41-25-10-12-28-45(41)53/h1-32H. The molecule has 0 saturated heterocycles. The van der Waals surface area contributed by atoms with Crippen LogP contribution in [0.25, 0.3) is 94.7 Å². The monoisotopic (exact) mass is 676 g/mol. The highest BCUT2D eigenvalue weighted by Gasteiger charge is 2.21. The average Bonchev–Trinajstić information content (AvgIpc) is 3.58. The number of hydrogen-bond acceptors (Lipinski definition) is 3. The van der Waals surface area contributed by atoms with Crippen molar-refractivity contribution in [3.8, 4) is 62.1 Å². The summed E-state index contributed by atoms with van der Waals surface area (Å²) < 4.78 is 2.36. The lowest BCUT2D eigenvalue weighted by molar-refractivity contribution is 1.07. The number of aromatic nitrogens is 4. The van der Waals surface area contributed by atoms with E-state index in [1.165, 1.54) is 10.8 Å². The zero-order valence-electron chi connectivity index (χ0n) is 28.8. The predicted octanol–water partition coefficient (Wildman–Crippen LogP) is 12.5. The van der Waals surface area contributed by atoms with Crippen molar-refractivity contribution in [3.63, 3.8) is 0 Å². The van der Waals surface area contributed by atoms with Crippen LogP contribution in [0.2, 0.25) is 0 Å². The molecular weight excluding hydrogens is 645 g/mol. The first kappa shape index (κ1) is 30.6. The van der Waals surface area contributed by atoms with Crippen LogP contribution >= 0.6 is 0 Å². The smallest absolute Gasteiger partial charge is 0.166 e. The molecule has 0 radical (unpaired) electrons. The molecule has 0 fully saturated rings. The Morgan fingerprint density at radius 3 is 1.49 bits per heavy atom. The van der Waals surface area contributed by atoms with E-state index < -0.39 is 0 Å². The Morgan fingerprint density at radius 1 is 0.302 bits per heavy atom. The summed E-state index contributed by atoms with van der Waals surface area (Å²) in [5, 5.41) is 4.63. The Morgan fingerprint density at radius 2 is 0.792 bits per heavy atom. The Kier molecular flexibility index (Phi) is 7.43. The summed E-state index contributed by atoms with van der Waals surface area (Å²) in [5.41, 5.74) is 10.6. The van der Waals surface area contributed by atoms with Gasteiger partial charge in [-0.2, -0.15) is 0 Å². The molecular formula is C49H32N4. The molecule has 248 valence electrons. The third kappa shape index (κ3) is 5.45. The molecule has 0 atom stereocenters. The molecule has 0 aliphatic carbocycles. The lowest BCUT2D eigenvalue weighted by atomic mass is 10.0. The van der Waals surface area contributed by atoms with Gasteiger partial charge in [0.05, 0.1) is 16.7 Å². The van der Waals surface area contributed by atoms with Crippen LogP contribution in [-0.4, -0.2) is 19.5 Å². The Balaban J connectivity index is 1.27. The van der Waals surface area contributed by atoms with E-state index in [2.05, 4.69) is 193 Å².